The molecule has 0 spiro atoms. The van der Waals surface area contributed by atoms with Crippen molar-refractivity contribution in [2.45, 2.75) is 63.1 Å². The monoisotopic (exact) mass is 407 g/mol. The minimum Gasteiger partial charge on any atom is -0.451 e. The zero-order valence-corrected chi connectivity index (χ0v) is 17.2. The summed E-state index contributed by atoms with van der Waals surface area (Å²) in [4.78, 5) is 26.7. The molecule has 28 heavy (non-hydrogen) atoms. The van der Waals surface area contributed by atoms with Gasteiger partial charge in [-0.3, -0.25) is 4.79 Å². The second-order valence-electron chi connectivity index (χ2n) is 8.06. The molecule has 1 amide bonds. The van der Waals surface area contributed by atoms with E-state index in [0.717, 1.165) is 0 Å². The lowest BCUT2D eigenvalue weighted by Crippen LogP contribution is -2.48. The SMILES string of the molecule is C[C@H](OC(=O)[C@@H]1CCCN1C1=NS(=O)(=O)c2ccccc21)C(=O)NC(C)(C)C. The topological polar surface area (TPSA) is 105 Å². The van der Waals surface area contributed by atoms with Crippen LogP contribution in [0.2, 0.25) is 0 Å². The van der Waals surface area contributed by atoms with Crippen molar-refractivity contribution in [3.05, 3.63) is 29.8 Å². The van der Waals surface area contributed by atoms with Gasteiger partial charge in [0.05, 0.1) is 0 Å². The molecule has 2 aliphatic heterocycles. The van der Waals surface area contributed by atoms with Gasteiger partial charge in [0.15, 0.2) is 11.9 Å². The van der Waals surface area contributed by atoms with E-state index in [1.807, 2.05) is 20.8 Å². The third kappa shape index (κ3) is 4.04. The molecular weight excluding hydrogens is 382 g/mol. The molecule has 0 bridgehead atoms. The van der Waals surface area contributed by atoms with Gasteiger partial charge in [0.1, 0.15) is 10.9 Å². The lowest BCUT2D eigenvalue weighted by atomic mass is 10.1. The highest BCUT2D eigenvalue weighted by Gasteiger charge is 2.40. The number of nitrogens with one attached hydrogen (secondary N) is 1. The van der Waals surface area contributed by atoms with Crippen molar-refractivity contribution >= 4 is 27.7 Å². The fraction of sp³-hybridized carbons (Fsp3) is 0.526. The van der Waals surface area contributed by atoms with Gasteiger partial charge in [0, 0.05) is 17.6 Å². The normalized spacial score (nSPS) is 21.6. The van der Waals surface area contributed by atoms with Crippen molar-refractivity contribution in [2.75, 3.05) is 6.54 Å². The van der Waals surface area contributed by atoms with Crippen LogP contribution in [0.3, 0.4) is 0 Å². The van der Waals surface area contributed by atoms with Crippen molar-refractivity contribution in [1.29, 1.82) is 0 Å². The highest BCUT2D eigenvalue weighted by Crippen LogP contribution is 2.31. The van der Waals surface area contributed by atoms with E-state index in [0.29, 0.717) is 24.9 Å². The number of hydrogen-bond donors (Lipinski definition) is 1. The van der Waals surface area contributed by atoms with E-state index >= 15 is 0 Å². The largest absolute Gasteiger partial charge is 0.451 e. The highest BCUT2D eigenvalue weighted by molar-refractivity contribution is 7.90. The Hall–Kier alpha value is -2.42. The maximum absolute atomic E-state index is 12.7. The molecule has 1 fully saturated rings. The van der Waals surface area contributed by atoms with Crippen LogP contribution in [0, 0.1) is 0 Å². The van der Waals surface area contributed by atoms with E-state index < -0.39 is 33.7 Å². The minimum absolute atomic E-state index is 0.141. The maximum atomic E-state index is 12.7. The van der Waals surface area contributed by atoms with Gasteiger partial charge in [-0.2, -0.15) is 8.42 Å². The van der Waals surface area contributed by atoms with Crippen LogP contribution in [0.1, 0.15) is 46.1 Å². The molecule has 0 aliphatic carbocycles. The molecule has 0 unspecified atom stereocenters. The Balaban J connectivity index is 1.77. The predicted molar refractivity (Wildman–Crippen MR) is 103 cm³/mol. The van der Waals surface area contributed by atoms with Crippen molar-refractivity contribution in [3.63, 3.8) is 0 Å². The van der Waals surface area contributed by atoms with E-state index in [-0.39, 0.29) is 16.6 Å². The number of rotatable bonds is 3. The van der Waals surface area contributed by atoms with E-state index in [1.165, 1.54) is 13.0 Å². The Morgan fingerprint density at radius 3 is 2.64 bits per heavy atom. The molecule has 2 aliphatic rings. The molecule has 2 heterocycles. The second-order valence-corrected chi connectivity index (χ2v) is 9.63. The van der Waals surface area contributed by atoms with Gasteiger partial charge in [0.25, 0.3) is 15.9 Å². The van der Waals surface area contributed by atoms with Crippen LogP contribution in [-0.2, 0) is 24.3 Å². The number of ether oxygens (including phenoxy) is 1. The molecule has 0 radical (unpaired) electrons. The number of sulfonamides is 1. The number of amides is 1. The number of likely N-dealkylation sites (tertiary alicyclic amines) is 1. The summed E-state index contributed by atoms with van der Waals surface area (Å²) in [6.45, 7) is 7.53. The zero-order chi connectivity index (χ0) is 20.7. The van der Waals surface area contributed by atoms with Crippen LogP contribution < -0.4 is 5.32 Å². The summed E-state index contributed by atoms with van der Waals surface area (Å²) < 4.78 is 33.9. The third-order valence-electron chi connectivity index (χ3n) is 4.57. The fourth-order valence-electron chi connectivity index (χ4n) is 3.34. The summed E-state index contributed by atoms with van der Waals surface area (Å²) in [7, 11) is -3.77. The van der Waals surface area contributed by atoms with Gasteiger partial charge in [-0.25, -0.2) is 4.79 Å². The number of hydrogen-bond acceptors (Lipinski definition) is 6. The summed E-state index contributed by atoms with van der Waals surface area (Å²) >= 11 is 0. The van der Waals surface area contributed by atoms with Crippen LogP contribution in [0.25, 0.3) is 0 Å². The van der Waals surface area contributed by atoms with Crippen molar-refractivity contribution in [2.24, 2.45) is 4.40 Å². The molecule has 0 aromatic heterocycles. The molecule has 1 saturated heterocycles. The smallest absolute Gasteiger partial charge is 0.329 e. The molecular formula is C19H25N3O5S. The van der Waals surface area contributed by atoms with Crippen molar-refractivity contribution in [3.8, 4) is 0 Å². The van der Waals surface area contributed by atoms with Gasteiger partial charge in [-0.15, -0.1) is 4.40 Å². The standard InChI is InChI=1S/C19H25N3O5S/c1-12(17(23)20-19(2,3)4)27-18(24)14-9-7-11-22(14)16-13-8-5-6-10-15(13)28(25,26)21-16/h5-6,8,10,12,14H,7,9,11H2,1-4H3,(H,20,23)/t12-,14-/m0/s1. The lowest BCUT2D eigenvalue weighted by molar-refractivity contribution is -0.158. The van der Waals surface area contributed by atoms with Crippen LogP contribution in [0.15, 0.2) is 33.6 Å². The zero-order valence-electron chi connectivity index (χ0n) is 16.4. The molecule has 1 N–H and O–H groups in total. The van der Waals surface area contributed by atoms with Crippen LogP contribution in [-0.4, -0.2) is 55.3 Å². The molecule has 0 saturated carbocycles. The van der Waals surface area contributed by atoms with Gasteiger partial charge >= 0.3 is 5.97 Å². The first-order chi connectivity index (χ1) is 13.0. The average molecular weight is 407 g/mol. The Morgan fingerprint density at radius 1 is 1.29 bits per heavy atom. The van der Waals surface area contributed by atoms with Gasteiger partial charge in [0.2, 0.25) is 0 Å². The molecule has 1 aromatic rings. The van der Waals surface area contributed by atoms with E-state index in [9.17, 15) is 18.0 Å². The first-order valence-electron chi connectivity index (χ1n) is 9.23. The number of carbonyl (C=O) groups is 2. The van der Waals surface area contributed by atoms with E-state index in [4.69, 9.17) is 4.74 Å². The molecule has 9 heteroatoms. The summed E-state index contributed by atoms with van der Waals surface area (Å²) in [6, 6.07) is 5.88. The number of nitrogens with zero attached hydrogens (tertiary/aromatic N) is 2. The van der Waals surface area contributed by atoms with Gasteiger partial charge in [-0.05, 0) is 52.7 Å². The summed E-state index contributed by atoms with van der Waals surface area (Å²) in [5.41, 5.74) is 0.0501. The quantitative estimate of drug-likeness (QED) is 0.761. The number of amidine groups is 1. The molecule has 3 rings (SSSR count). The lowest BCUT2D eigenvalue weighted by Gasteiger charge is -2.27. The molecule has 8 nitrogen and oxygen atoms in total. The number of fused-ring (bicyclic) bond motifs is 1. The molecule has 152 valence electrons. The summed E-state index contributed by atoms with van der Waals surface area (Å²) in [5, 5.41) is 2.77. The van der Waals surface area contributed by atoms with Crippen LogP contribution in [0.4, 0.5) is 0 Å². The number of esters is 1. The van der Waals surface area contributed by atoms with Gasteiger partial charge in [-0.1, -0.05) is 12.1 Å². The van der Waals surface area contributed by atoms with E-state index in [1.54, 1.807) is 23.1 Å². The number of carbonyl (C=O) groups excluding carboxylic acids is 2. The summed E-state index contributed by atoms with van der Waals surface area (Å²) in [5.74, 6) is -0.670. The molecule has 2 atom stereocenters. The van der Waals surface area contributed by atoms with Gasteiger partial charge < -0.3 is 15.0 Å². The van der Waals surface area contributed by atoms with Crippen LogP contribution in [0.5, 0.6) is 0 Å². The second kappa shape index (κ2) is 7.20. The fourth-order valence-corrected chi connectivity index (χ4v) is 4.56. The van der Waals surface area contributed by atoms with Crippen LogP contribution >= 0.6 is 0 Å². The minimum atomic E-state index is -3.77. The third-order valence-corrected chi connectivity index (χ3v) is 5.89. The Bertz CT molecular complexity index is 933. The summed E-state index contributed by atoms with van der Waals surface area (Å²) in [6.07, 6.45) is 0.257. The first kappa shape index (κ1) is 20.3. The Kier molecular flexibility index (Phi) is 5.22. The Morgan fingerprint density at radius 2 is 1.96 bits per heavy atom. The van der Waals surface area contributed by atoms with Crippen molar-refractivity contribution in [1.82, 2.24) is 10.2 Å². The number of benzene rings is 1. The Labute approximate surface area is 165 Å². The highest BCUT2D eigenvalue weighted by atomic mass is 32.2. The van der Waals surface area contributed by atoms with E-state index in [2.05, 4.69) is 9.71 Å². The average Bonchev–Trinajstić information content (AvgIpc) is 3.16. The van der Waals surface area contributed by atoms with Crippen molar-refractivity contribution < 1.29 is 22.7 Å². The maximum Gasteiger partial charge on any atom is 0.329 e. The molecule has 1 aromatic carbocycles. The predicted octanol–water partition coefficient (Wildman–Crippen LogP) is 1.45. The first-order valence-corrected chi connectivity index (χ1v) is 10.7.